The van der Waals surface area contributed by atoms with E-state index in [4.69, 9.17) is 0 Å². The predicted octanol–water partition coefficient (Wildman–Crippen LogP) is 3.91. The van der Waals surface area contributed by atoms with Gasteiger partial charge in [0.1, 0.15) is 17.2 Å². The van der Waals surface area contributed by atoms with E-state index in [0.717, 1.165) is 10.4 Å². The summed E-state index contributed by atoms with van der Waals surface area (Å²) in [7, 11) is 0. The van der Waals surface area contributed by atoms with Gasteiger partial charge in [-0.05, 0) is 19.1 Å². The summed E-state index contributed by atoms with van der Waals surface area (Å²) in [6, 6.07) is 6.61. The molecule has 3 rings (SSSR count). The van der Waals surface area contributed by atoms with Gasteiger partial charge >= 0.3 is 0 Å². The van der Waals surface area contributed by atoms with E-state index in [9.17, 15) is 9.18 Å². The fourth-order valence-corrected chi connectivity index (χ4v) is 2.98. The number of hydrogen-bond donors (Lipinski definition) is 1. The number of amides is 1. The molecule has 23 heavy (non-hydrogen) atoms. The molecular weight excluding hydrogens is 315 g/mol. The van der Waals surface area contributed by atoms with Crippen molar-refractivity contribution in [3.63, 3.8) is 0 Å². The minimum atomic E-state index is -0.525. The van der Waals surface area contributed by atoms with Crippen LogP contribution in [0, 0.1) is 18.2 Å². The lowest BCUT2D eigenvalue weighted by Crippen LogP contribution is -2.28. The maximum Gasteiger partial charge on any atom is 0.230 e. The Hall–Kier alpha value is -2.28. The molecule has 0 aliphatic rings. The summed E-state index contributed by atoms with van der Waals surface area (Å²) in [5, 5.41) is 7.75. The minimum Gasteiger partial charge on any atom is -0.310 e. The molecule has 0 aliphatic heterocycles. The molecule has 0 fully saturated rings. The molecule has 120 valence electrons. The molecule has 3 aromatic rings. The summed E-state index contributed by atoms with van der Waals surface area (Å²) < 4.78 is 16.1. The molecule has 2 aromatic heterocycles. The standard InChI is InChI=1S/C16H17FN4OS/c1-9-8-12(18-14(22)16(2,3)4)21(20-9)15-19-13-10(17)6-5-7-11(13)23-15/h5-8H,1-4H3,(H,18,22). The maximum absolute atomic E-state index is 13.8. The number of fused-ring (bicyclic) bond motifs is 1. The molecule has 0 aliphatic carbocycles. The lowest BCUT2D eigenvalue weighted by Gasteiger charge is -2.17. The number of halogens is 1. The van der Waals surface area contributed by atoms with Gasteiger partial charge in [-0.3, -0.25) is 4.79 Å². The molecule has 1 amide bonds. The van der Waals surface area contributed by atoms with Gasteiger partial charge in [0, 0.05) is 11.5 Å². The average molecular weight is 332 g/mol. The zero-order valence-corrected chi connectivity index (χ0v) is 14.2. The van der Waals surface area contributed by atoms with Gasteiger partial charge in [-0.15, -0.1) is 0 Å². The van der Waals surface area contributed by atoms with E-state index in [1.54, 1.807) is 16.8 Å². The van der Waals surface area contributed by atoms with Gasteiger partial charge in [-0.25, -0.2) is 9.37 Å². The first-order chi connectivity index (χ1) is 10.8. The summed E-state index contributed by atoms with van der Waals surface area (Å²) in [6.07, 6.45) is 0. The molecule has 0 spiro atoms. The second kappa shape index (κ2) is 5.42. The second-order valence-corrected chi connectivity index (χ2v) is 7.38. The third kappa shape index (κ3) is 2.96. The molecule has 0 bridgehead atoms. The molecule has 2 heterocycles. The number of carbonyl (C=O) groups is 1. The van der Waals surface area contributed by atoms with E-state index in [-0.39, 0.29) is 11.7 Å². The van der Waals surface area contributed by atoms with Crippen molar-refractivity contribution < 1.29 is 9.18 Å². The molecule has 0 unspecified atom stereocenters. The number of nitrogens with one attached hydrogen (secondary N) is 1. The van der Waals surface area contributed by atoms with Crippen LogP contribution in [-0.2, 0) is 4.79 Å². The third-order valence-electron chi connectivity index (χ3n) is 3.29. The van der Waals surface area contributed by atoms with Crippen LogP contribution in [0.1, 0.15) is 26.5 Å². The number of para-hydroxylation sites is 1. The Morgan fingerprint density at radius 1 is 1.35 bits per heavy atom. The van der Waals surface area contributed by atoms with Crippen molar-refractivity contribution in [2.75, 3.05) is 5.32 Å². The average Bonchev–Trinajstić information content (AvgIpc) is 3.02. The minimum absolute atomic E-state index is 0.119. The molecule has 0 radical (unpaired) electrons. The van der Waals surface area contributed by atoms with Crippen LogP contribution in [-0.4, -0.2) is 20.7 Å². The highest BCUT2D eigenvalue weighted by Gasteiger charge is 2.23. The number of nitrogens with zero attached hydrogens (tertiary/aromatic N) is 3. The van der Waals surface area contributed by atoms with Crippen LogP contribution in [0.4, 0.5) is 10.2 Å². The van der Waals surface area contributed by atoms with Crippen molar-refractivity contribution >= 4 is 33.3 Å². The zero-order chi connectivity index (χ0) is 16.8. The monoisotopic (exact) mass is 332 g/mol. The highest BCUT2D eigenvalue weighted by molar-refractivity contribution is 7.20. The summed E-state index contributed by atoms with van der Waals surface area (Å²) >= 11 is 1.32. The van der Waals surface area contributed by atoms with Crippen molar-refractivity contribution in [3.05, 3.63) is 35.8 Å². The third-order valence-corrected chi connectivity index (χ3v) is 4.29. The number of rotatable bonds is 2. The lowest BCUT2D eigenvalue weighted by atomic mass is 9.96. The number of anilines is 1. The molecule has 1 N–H and O–H groups in total. The Morgan fingerprint density at radius 3 is 2.74 bits per heavy atom. The Labute approximate surface area is 137 Å². The van der Waals surface area contributed by atoms with E-state index in [2.05, 4.69) is 15.4 Å². The van der Waals surface area contributed by atoms with Crippen molar-refractivity contribution in [2.24, 2.45) is 5.41 Å². The van der Waals surface area contributed by atoms with Crippen LogP contribution < -0.4 is 5.32 Å². The first kappa shape index (κ1) is 15.6. The second-order valence-electron chi connectivity index (χ2n) is 6.37. The van der Waals surface area contributed by atoms with E-state index >= 15 is 0 Å². The molecule has 0 saturated heterocycles. The summed E-state index contributed by atoms with van der Waals surface area (Å²) in [6.45, 7) is 7.34. The molecule has 0 atom stereocenters. The molecule has 5 nitrogen and oxygen atoms in total. The van der Waals surface area contributed by atoms with Crippen LogP contribution in [0.15, 0.2) is 24.3 Å². The van der Waals surface area contributed by atoms with Crippen molar-refractivity contribution in [1.82, 2.24) is 14.8 Å². The Morgan fingerprint density at radius 2 is 2.09 bits per heavy atom. The number of aryl methyl sites for hydroxylation is 1. The summed E-state index contributed by atoms with van der Waals surface area (Å²) in [5.74, 6) is 0.0435. The summed E-state index contributed by atoms with van der Waals surface area (Å²) in [4.78, 5) is 16.5. The van der Waals surface area contributed by atoms with Crippen molar-refractivity contribution in [2.45, 2.75) is 27.7 Å². The Kier molecular flexibility index (Phi) is 3.68. The normalized spacial score (nSPS) is 11.9. The van der Waals surface area contributed by atoms with E-state index in [0.29, 0.717) is 16.5 Å². The first-order valence-corrected chi connectivity index (χ1v) is 8.01. The number of thiazole rings is 1. The van der Waals surface area contributed by atoms with Gasteiger partial charge in [-0.1, -0.05) is 38.2 Å². The van der Waals surface area contributed by atoms with Crippen LogP contribution in [0.3, 0.4) is 0 Å². The van der Waals surface area contributed by atoms with Crippen LogP contribution in [0.25, 0.3) is 15.3 Å². The predicted molar refractivity (Wildman–Crippen MR) is 89.5 cm³/mol. The van der Waals surface area contributed by atoms with Crippen LogP contribution in [0.5, 0.6) is 0 Å². The van der Waals surface area contributed by atoms with Gasteiger partial charge in [0.05, 0.1) is 10.4 Å². The van der Waals surface area contributed by atoms with Gasteiger partial charge < -0.3 is 5.32 Å². The number of carbonyl (C=O) groups excluding carboxylic acids is 1. The summed E-state index contributed by atoms with van der Waals surface area (Å²) in [5.41, 5.74) is 0.533. The van der Waals surface area contributed by atoms with E-state index in [1.807, 2.05) is 33.8 Å². The van der Waals surface area contributed by atoms with Gasteiger partial charge in [-0.2, -0.15) is 9.78 Å². The smallest absolute Gasteiger partial charge is 0.230 e. The number of benzene rings is 1. The maximum atomic E-state index is 13.8. The van der Waals surface area contributed by atoms with Crippen molar-refractivity contribution in [3.8, 4) is 5.13 Å². The van der Waals surface area contributed by atoms with E-state index < -0.39 is 5.41 Å². The Bertz CT molecular complexity index is 891. The SMILES string of the molecule is Cc1cc(NC(=O)C(C)(C)C)n(-c2nc3c(F)cccc3s2)n1. The van der Waals surface area contributed by atoms with Gasteiger partial charge in [0.25, 0.3) is 0 Å². The molecule has 0 saturated carbocycles. The van der Waals surface area contributed by atoms with Crippen molar-refractivity contribution in [1.29, 1.82) is 0 Å². The number of aromatic nitrogens is 3. The quantitative estimate of drug-likeness (QED) is 0.774. The zero-order valence-electron chi connectivity index (χ0n) is 13.3. The van der Waals surface area contributed by atoms with Crippen LogP contribution in [0.2, 0.25) is 0 Å². The molecule has 1 aromatic carbocycles. The first-order valence-electron chi connectivity index (χ1n) is 7.19. The molecular formula is C16H17FN4OS. The fourth-order valence-electron chi connectivity index (χ4n) is 2.03. The lowest BCUT2D eigenvalue weighted by molar-refractivity contribution is -0.123. The number of hydrogen-bond acceptors (Lipinski definition) is 4. The van der Waals surface area contributed by atoms with Crippen LogP contribution >= 0.6 is 11.3 Å². The largest absolute Gasteiger partial charge is 0.310 e. The highest BCUT2D eigenvalue weighted by Crippen LogP contribution is 2.29. The fraction of sp³-hybridized carbons (Fsp3) is 0.312. The topological polar surface area (TPSA) is 59.8 Å². The molecule has 7 heteroatoms. The Balaban J connectivity index is 2.05. The van der Waals surface area contributed by atoms with Gasteiger partial charge in [0.2, 0.25) is 11.0 Å². The highest BCUT2D eigenvalue weighted by atomic mass is 32.1. The van der Waals surface area contributed by atoms with Gasteiger partial charge in [0.15, 0.2) is 0 Å². The van der Waals surface area contributed by atoms with E-state index in [1.165, 1.54) is 17.4 Å².